The number of rotatable bonds is 0. The molecule has 0 aliphatic carbocycles. The topological polar surface area (TPSA) is 24.1 Å². The number of halogens is 2. The summed E-state index contributed by atoms with van der Waals surface area (Å²) in [6, 6.07) is 0. The Hall–Kier alpha value is 0.500. The Morgan fingerprint density at radius 3 is 2.50 bits per heavy atom. The van der Waals surface area contributed by atoms with E-state index in [9.17, 15) is 0 Å². The second-order valence-electron chi connectivity index (χ2n) is 1.74. The highest BCUT2D eigenvalue weighted by Crippen LogP contribution is 2.04. The van der Waals surface area contributed by atoms with Gasteiger partial charge >= 0.3 is 0 Å². The third kappa shape index (κ3) is 1.78. The zero-order valence-corrected chi connectivity index (χ0v) is 5.84. The molecule has 1 aliphatic rings. The number of alkyl halides is 2. The maximum Gasteiger partial charge on any atom is 0.136 e. The van der Waals surface area contributed by atoms with Crippen LogP contribution in [0.4, 0.5) is 0 Å². The van der Waals surface area contributed by atoms with Crippen LogP contribution in [0.15, 0.2) is 0 Å². The molecule has 1 rings (SSSR count). The van der Waals surface area contributed by atoms with Crippen molar-refractivity contribution in [3.8, 4) is 0 Å². The lowest BCUT2D eigenvalue weighted by Crippen LogP contribution is -2.48. The van der Waals surface area contributed by atoms with Gasteiger partial charge in [0.05, 0.1) is 5.50 Å². The predicted octanol–water partition coefficient (Wildman–Crippen LogP) is 0.657. The second kappa shape index (κ2) is 2.87. The lowest BCUT2D eigenvalue weighted by molar-refractivity contribution is 0.430. The molecule has 4 heteroatoms. The highest BCUT2D eigenvalue weighted by atomic mass is 35.5. The van der Waals surface area contributed by atoms with Gasteiger partial charge < -0.3 is 0 Å². The monoisotopic (exact) mass is 154 g/mol. The Morgan fingerprint density at radius 2 is 2.12 bits per heavy atom. The average Bonchev–Trinajstić information content (AvgIpc) is 1.64. The molecule has 0 aromatic rings. The molecule has 1 heterocycles. The van der Waals surface area contributed by atoms with Crippen molar-refractivity contribution in [1.82, 2.24) is 10.6 Å². The van der Waals surface area contributed by atoms with Crippen LogP contribution in [-0.2, 0) is 0 Å². The van der Waals surface area contributed by atoms with E-state index in [1.54, 1.807) is 0 Å². The van der Waals surface area contributed by atoms with Crippen molar-refractivity contribution in [2.45, 2.75) is 17.5 Å². The third-order valence-corrected chi connectivity index (χ3v) is 1.67. The zero-order chi connectivity index (χ0) is 5.98. The quantitative estimate of drug-likeness (QED) is 0.396. The van der Waals surface area contributed by atoms with Crippen molar-refractivity contribution < 1.29 is 0 Å². The molecule has 48 valence electrons. The fourth-order valence-corrected chi connectivity index (χ4v) is 1.20. The van der Waals surface area contributed by atoms with Crippen LogP contribution in [0.5, 0.6) is 0 Å². The first-order valence-corrected chi connectivity index (χ1v) is 3.44. The highest BCUT2D eigenvalue weighted by molar-refractivity contribution is 6.23. The summed E-state index contributed by atoms with van der Waals surface area (Å²) in [5.41, 5.74) is -0.106. The Kier molecular flexibility index (Phi) is 2.38. The molecule has 1 fully saturated rings. The minimum absolute atomic E-state index is 0.0405. The van der Waals surface area contributed by atoms with Gasteiger partial charge in [0.15, 0.2) is 0 Å². The van der Waals surface area contributed by atoms with Crippen molar-refractivity contribution in [3.63, 3.8) is 0 Å². The highest BCUT2D eigenvalue weighted by Gasteiger charge is 2.14. The molecule has 1 aliphatic heterocycles. The van der Waals surface area contributed by atoms with Gasteiger partial charge in [-0.25, -0.2) is 0 Å². The van der Waals surface area contributed by atoms with E-state index in [4.69, 9.17) is 23.2 Å². The summed E-state index contributed by atoms with van der Waals surface area (Å²) >= 11 is 11.3. The van der Waals surface area contributed by atoms with Crippen molar-refractivity contribution in [2.75, 3.05) is 6.54 Å². The first kappa shape index (κ1) is 6.62. The predicted molar refractivity (Wildman–Crippen MR) is 35.0 cm³/mol. The van der Waals surface area contributed by atoms with Gasteiger partial charge in [-0.15, -0.1) is 11.6 Å². The van der Waals surface area contributed by atoms with Gasteiger partial charge in [-0.3, -0.25) is 10.6 Å². The van der Waals surface area contributed by atoms with E-state index in [1.807, 2.05) is 0 Å². The summed E-state index contributed by atoms with van der Waals surface area (Å²) < 4.78 is 0. The summed E-state index contributed by atoms with van der Waals surface area (Å²) in [7, 11) is 0. The van der Waals surface area contributed by atoms with Crippen LogP contribution in [-0.4, -0.2) is 17.7 Å². The van der Waals surface area contributed by atoms with Crippen LogP contribution in [0.1, 0.15) is 6.42 Å². The van der Waals surface area contributed by atoms with Crippen LogP contribution >= 0.6 is 23.2 Å². The normalized spacial score (nSPS) is 39.8. The van der Waals surface area contributed by atoms with Gasteiger partial charge in [-0.05, 0) is 6.42 Å². The van der Waals surface area contributed by atoms with Gasteiger partial charge in [-0.2, -0.15) is 0 Å². The summed E-state index contributed by atoms with van der Waals surface area (Å²) in [5.74, 6) is 0. The molecule has 2 atom stereocenters. The van der Waals surface area contributed by atoms with E-state index in [-0.39, 0.29) is 11.1 Å². The van der Waals surface area contributed by atoms with Crippen molar-refractivity contribution in [2.24, 2.45) is 0 Å². The molecular weight excluding hydrogens is 147 g/mol. The number of hydrogen-bond donors (Lipinski definition) is 2. The Morgan fingerprint density at radius 1 is 1.38 bits per heavy atom. The SMILES string of the molecule is ClC1CCNC(Cl)N1. The van der Waals surface area contributed by atoms with E-state index in [0.717, 1.165) is 13.0 Å². The molecule has 0 radical (unpaired) electrons. The van der Waals surface area contributed by atoms with E-state index >= 15 is 0 Å². The summed E-state index contributed by atoms with van der Waals surface area (Å²) in [4.78, 5) is 0. The molecular formula is C4H8Cl2N2. The standard InChI is InChI=1S/C4H8Cl2N2/c5-3-1-2-7-4(6)8-3/h3-4,7-8H,1-2H2. The smallest absolute Gasteiger partial charge is 0.136 e. The minimum atomic E-state index is -0.147. The average molecular weight is 155 g/mol. The molecule has 2 nitrogen and oxygen atoms in total. The van der Waals surface area contributed by atoms with Gasteiger partial charge in [0.25, 0.3) is 0 Å². The molecule has 0 aromatic heterocycles. The van der Waals surface area contributed by atoms with E-state index in [1.165, 1.54) is 0 Å². The van der Waals surface area contributed by atoms with Crippen LogP contribution in [0.3, 0.4) is 0 Å². The molecule has 1 saturated heterocycles. The molecule has 2 N–H and O–H groups in total. The maximum absolute atomic E-state index is 5.68. The second-order valence-corrected chi connectivity index (χ2v) is 2.70. The van der Waals surface area contributed by atoms with Crippen molar-refractivity contribution in [1.29, 1.82) is 0 Å². The Bertz CT molecular complexity index is 70.4. The van der Waals surface area contributed by atoms with Crippen molar-refractivity contribution in [3.05, 3.63) is 0 Å². The molecule has 2 unspecified atom stereocenters. The molecule has 0 spiro atoms. The van der Waals surface area contributed by atoms with E-state index in [2.05, 4.69) is 10.6 Å². The van der Waals surface area contributed by atoms with Gasteiger partial charge in [0, 0.05) is 6.54 Å². The summed E-state index contributed by atoms with van der Waals surface area (Å²) in [6.45, 7) is 0.898. The minimum Gasteiger partial charge on any atom is -0.289 e. The van der Waals surface area contributed by atoms with Crippen LogP contribution in [0.25, 0.3) is 0 Å². The van der Waals surface area contributed by atoms with Crippen molar-refractivity contribution >= 4 is 23.2 Å². The summed E-state index contributed by atoms with van der Waals surface area (Å²) in [6.07, 6.45) is 0.935. The Balaban J connectivity index is 2.23. The fourth-order valence-electron chi connectivity index (χ4n) is 0.638. The number of hydrogen-bond acceptors (Lipinski definition) is 2. The van der Waals surface area contributed by atoms with Crippen LogP contribution in [0, 0.1) is 0 Å². The lowest BCUT2D eigenvalue weighted by Gasteiger charge is -2.23. The molecule has 8 heavy (non-hydrogen) atoms. The van der Waals surface area contributed by atoms with Crippen LogP contribution < -0.4 is 10.6 Å². The Labute approximate surface area is 58.5 Å². The lowest BCUT2D eigenvalue weighted by atomic mass is 10.4. The first-order chi connectivity index (χ1) is 3.79. The van der Waals surface area contributed by atoms with Gasteiger partial charge in [0.2, 0.25) is 0 Å². The number of nitrogens with one attached hydrogen (secondary N) is 2. The fraction of sp³-hybridized carbons (Fsp3) is 1.00. The summed E-state index contributed by atoms with van der Waals surface area (Å²) in [5, 5.41) is 5.88. The van der Waals surface area contributed by atoms with E-state index < -0.39 is 0 Å². The third-order valence-electron chi connectivity index (χ3n) is 1.05. The van der Waals surface area contributed by atoms with Gasteiger partial charge in [-0.1, -0.05) is 11.6 Å². The molecule has 0 aromatic carbocycles. The van der Waals surface area contributed by atoms with E-state index in [0.29, 0.717) is 0 Å². The maximum atomic E-state index is 5.68. The first-order valence-electron chi connectivity index (χ1n) is 2.56. The molecule has 0 amide bonds. The van der Waals surface area contributed by atoms with Crippen LogP contribution in [0.2, 0.25) is 0 Å². The zero-order valence-electron chi connectivity index (χ0n) is 4.32. The molecule has 0 bridgehead atoms. The molecule has 0 saturated carbocycles. The van der Waals surface area contributed by atoms with Gasteiger partial charge in [0.1, 0.15) is 5.62 Å². The largest absolute Gasteiger partial charge is 0.289 e.